The van der Waals surface area contributed by atoms with E-state index in [0.717, 1.165) is 0 Å². The van der Waals surface area contributed by atoms with E-state index in [1.165, 1.54) is 0 Å². The smallest absolute Gasteiger partial charge is 0.0843 e. The zero-order valence-electron chi connectivity index (χ0n) is 13.3. The molecule has 0 amide bonds. The van der Waals surface area contributed by atoms with Gasteiger partial charge in [0.05, 0.1) is 78.8 Å². The molecule has 0 spiro atoms. The zero-order chi connectivity index (χ0) is 16.3. The summed E-state index contributed by atoms with van der Waals surface area (Å²) in [5, 5.41) is 17.1. The Labute approximate surface area is 132 Å². The van der Waals surface area contributed by atoms with E-state index >= 15 is 0 Å². The molecule has 0 saturated heterocycles. The van der Waals surface area contributed by atoms with Gasteiger partial charge in [0.25, 0.3) is 0 Å². The standard InChI is InChI=1S/C15H30O7/c1-2-3-15(22-13-12-19-7-5-17)14-21-11-10-20-9-8-18-6-4-16/h2,15-17H,1,3-14H2. The monoisotopic (exact) mass is 322 g/mol. The van der Waals surface area contributed by atoms with Crippen molar-refractivity contribution in [3.05, 3.63) is 12.7 Å². The summed E-state index contributed by atoms with van der Waals surface area (Å²) in [6, 6.07) is 0. The molecule has 0 aromatic rings. The second-order valence-corrected chi connectivity index (χ2v) is 4.38. The van der Waals surface area contributed by atoms with Crippen LogP contribution in [-0.4, -0.2) is 89.0 Å². The van der Waals surface area contributed by atoms with E-state index < -0.39 is 0 Å². The minimum atomic E-state index is -0.0527. The average Bonchev–Trinajstić information content (AvgIpc) is 2.53. The molecule has 0 radical (unpaired) electrons. The third-order valence-corrected chi connectivity index (χ3v) is 2.53. The molecule has 0 aliphatic carbocycles. The molecule has 1 unspecified atom stereocenters. The average molecular weight is 322 g/mol. The highest BCUT2D eigenvalue weighted by atomic mass is 16.6. The minimum absolute atomic E-state index is 0.0181. The van der Waals surface area contributed by atoms with Gasteiger partial charge in [0.1, 0.15) is 0 Å². The van der Waals surface area contributed by atoms with Crippen LogP contribution < -0.4 is 0 Å². The quantitative estimate of drug-likeness (QED) is 0.271. The molecule has 0 rings (SSSR count). The van der Waals surface area contributed by atoms with Gasteiger partial charge in [-0.05, 0) is 6.42 Å². The van der Waals surface area contributed by atoms with Gasteiger partial charge in [0.2, 0.25) is 0 Å². The molecular weight excluding hydrogens is 292 g/mol. The first-order valence-electron chi connectivity index (χ1n) is 7.60. The third-order valence-electron chi connectivity index (χ3n) is 2.53. The van der Waals surface area contributed by atoms with Crippen LogP contribution in [0.3, 0.4) is 0 Å². The molecule has 0 aromatic carbocycles. The van der Waals surface area contributed by atoms with E-state index in [4.69, 9.17) is 33.9 Å². The molecule has 1 atom stereocenters. The van der Waals surface area contributed by atoms with Gasteiger partial charge >= 0.3 is 0 Å². The Kier molecular flexibility index (Phi) is 18.1. The summed E-state index contributed by atoms with van der Waals surface area (Å²) in [5.74, 6) is 0. The second-order valence-electron chi connectivity index (χ2n) is 4.38. The van der Waals surface area contributed by atoms with Gasteiger partial charge in [0, 0.05) is 0 Å². The fraction of sp³-hybridized carbons (Fsp3) is 0.867. The lowest BCUT2D eigenvalue weighted by atomic mass is 10.2. The van der Waals surface area contributed by atoms with Crippen LogP contribution in [0.5, 0.6) is 0 Å². The molecule has 2 N–H and O–H groups in total. The number of aliphatic hydroxyl groups excluding tert-OH is 2. The fourth-order valence-corrected chi connectivity index (χ4v) is 1.53. The number of hydrogen-bond donors (Lipinski definition) is 2. The summed E-state index contributed by atoms with van der Waals surface area (Å²) in [4.78, 5) is 0. The number of hydrogen-bond acceptors (Lipinski definition) is 7. The van der Waals surface area contributed by atoms with Crippen molar-refractivity contribution in [3.63, 3.8) is 0 Å². The lowest BCUT2D eigenvalue weighted by molar-refractivity contribution is -0.0508. The molecule has 0 aromatic heterocycles. The van der Waals surface area contributed by atoms with Gasteiger partial charge < -0.3 is 33.9 Å². The molecule has 0 aliphatic rings. The topological polar surface area (TPSA) is 86.6 Å². The summed E-state index contributed by atoms with van der Waals surface area (Å²) in [5.41, 5.74) is 0. The third kappa shape index (κ3) is 15.8. The lowest BCUT2D eigenvalue weighted by Crippen LogP contribution is -2.23. The molecule has 0 aliphatic heterocycles. The summed E-state index contributed by atoms with van der Waals surface area (Å²) >= 11 is 0. The van der Waals surface area contributed by atoms with Crippen LogP contribution in [0.2, 0.25) is 0 Å². The van der Waals surface area contributed by atoms with Crippen molar-refractivity contribution in [3.8, 4) is 0 Å². The Balaban J connectivity index is 3.42. The Morgan fingerprint density at radius 2 is 1.23 bits per heavy atom. The Morgan fingerprint density at radius 1 is 0.727 bits per heavy atom. The molecule has 0 bridgehead atoms. The van der Waals surface area contributed by atoms with E-state index in [1.807, 2.05) is 0 Å². The first-order chi connectivity index (χ1) is 10.8. The van der Waals surface area contributed by atoms with Gasteiger partial charge in [0.15, 0.2) is 0 Å². The van der Waals surface area contributed by atoms with Gasteiger partial charge in [-0.2, -0.15) is 0 Å². The molecule has 7 heteroatoms. The first-order valence-corrected chi connectivity index (χ1v) is 7.60. The Hall–Kier alpha value is -0.540. The summed E-state index contributed by atoms with van der Waals surface area (Å²) in [6.45, 7) is 7.70. The summed E-state index contributed by atoms with van der Waals surface area (Å²) in [6.07, 6.45) is 2.44. The highest BCUT2D eigenvalue weighted by Gasteiger charge is 2.07. The predicted octanol–water partition coefficient (Wildman–Crippen LogP) is -0.00130. The van der Waals surface area contributed by atoms with Crippen LogP contribution in [0.4, 0.5) is 0 Å². The van der Waals surface area contributed by atoms with Crippen molar-refractivity contribution in [1.82, 2.24) is 0 Å². The summed E-state index contributed by atoms with van der Waals surface area (Å²) in [7, 11) is 0. The maximum Gasteiger partial charge on any atom is 0.0843 e. The van der Waals surface area contributed by atoms with E-state index in [9.17, 15) is 0 Å². The van der Waals surface area contributed by atoms with Crippen LogP contribution in [0, 0.1) is 0 Å². The molecule has 22 heavy (non-hydrogen) atoms. The largest absolute Gasteiger partial charge is 0.394 e. The Bertz CT molecular complexity index is 226. The van der Waals surface area contributed by atoms with Crippen LogP contribution in [0.1, 0.15) is 6.42 Å². The first kappa shape index (κ1) is 21.5. The van der Waals surface area contributed by atoms with Crippen LogP contribution in [0.15, 0.2) is 12.7 Å². The van der Waals surface area contributed by atoms with Crippen molar-refractivity contribution in [2.24, 2.45) is 0 Å². The Morgan fingerprint density at radius 3 is 1.77 bits per heavy atom. The van der Waals surface area contributed by atoms with Gasteiger partial charge in [-0.25, -0.2) is 0 Å². The number of ether oxygens (including phenoxy) is 5. The maximum atomic E-state index is 8.58. The molecule has 0 saturated carbocycles. The molecule has 132 valence electrons. The lowest BCUT2D eigenvalue weighted by Gasteiger charge is -2.16. The fourth-order valence-electron chi connectivity index (χ4n) is 1.53. The van der Waals surface area contributed by atoms with Gasteiger partial charge in [-0.1, -0.05) is 6.08 Å². The van der Waals surface area contributed by atoms with Gasteiger partial charge in [-0.3, -0.25) is 0 Å². The minimum Gasteiger partial charge on any atom is -0.394 e. The number of aliphatic hydroxyl groups is 2. The second kappa shape index (κ2) is 18.5. The van der Waals surface area contributed by atoms with Crippen molar-refractivity contribution >= 4 is 0 Å². The molecule has 7 nitrogen and oxygen atoms in total. The normalized spacial score (nSPS) is 12.5. The van der Waals surface area contributed by atoms with Crippen LogP contribution in [-0.2, 0) is 23.7 Å². The van der Waals surface area contributed by atoms with Crippen molar-refractivity contribution in [2.75, 3.05) is 72.7 Å². The highest BCUT2D eigenvalue weighted by Crippen LogP contribution is 2.00. The predicted molar refractivity (Wildman–Crippen MR) is 82.0 cm³/mol. The summed E-state index contributed by atoms with van der Waals surface area (Å²) < 4.78 is 26.6. The highest BCUT2D eigenvalue weighted by molar-refractivity contribution is 4.73. The van der Waals surface area contributed by atoms with E-state index in [0.29, 0.717) is 65.9 Å². The van der Waals surface area contributed by atoms with Crippen molar-refractivity contribution < 1.29 is 33.9 Å². The maximum absolute atomic E-state index is 8.58. The van der Waals surface area contributed by atoms with E-state index in [1.54, 1.807) is 6.08 Å². The molecular formula is C15H30O7. The van der Waals surface area contributed by atoms with Crippen molar-refractivity contribution in [1.29, 1.82) is 0 Å². The van der Waals surface area contributed by atoms with E-state index in [-0.39, 0.29) is 19.3 Å². The van der Waals surface area contributed by atoms with Crippen LogP contribution in [0.25, 0.3) is 0 Å². The zero-order valence-corrected chi connectivity index (χ0v) is 13.3. The number of rotatable bonds is 18. The van der Waals surface area contributed by atoms with Crippen molar-refractivity contribution in [2.45, 2.75) is 12.5 Å². The van der Waals surface area contributed by atoms with E-state index in [2.05, 4.69) is 6.58 Å². The SMILES string of the molecule is C=CCC(COCCOCCOCCO)OCCOCCO. The van der Waals surface area contributed by atoms with Gasteiger partial charge in [-0.15, -0.1) is 6.58 Å². The van der Waals surface area contributed by atoms with Crippen LogP contribution >= 0.6 is 0 Å². The molecule has 0 heterocycles. The molecule has 0 fully saturated rings.